The van der Waals surface area contributed by atoms with Gasteiger partial charge in [0.1, 0.15) is 15.2 Å². The number of hydrogen-bond donors (Lipinski definition) is 0. The summed E-state index contributed by atoms with van der Waals surface area (Å²) in [6.45, 7) is 4.11. The lowest BCUT2D eigenvalue weighted by Gasteiger charge is -2.04. The normalized spacial score (nSPS) is 11.5. The van der Waals surface area contributed by atoms with Crippen LogP contribution in [0.5, 0.6) is 0 Å². The van der Waals surface area contributed by atoms with Gasteiger partial charge in [-0.05, 0) is 36.4 Å². The van der Waals surface area contributed by atoms with Gasteiger partial charge in [0.2, 0.25) is 0 Å². The van der Waals surface area contributed by atoms with E-state index in [1.807, 2.05) is 4.68 Å². The van der Waals surface area contributed by atoms with Gasteiger partial charge in [0.15, 0.2) is 5.65 Å². The molecule has 0 saturated heterocycles. The van der Waals surface area contributed by atoms with E-state index in [0.29, 0.717) is 5.15 Å². The minimum absolute atomic E-state index is 0.270. The van der Waals surface area contributed by atoms with Crippen LogP contribution >= 0.6 is 34.2 Å². The first-order valence-corrected chi connectivity index (χ1v) is 5.61. The van der Waals surface area contributed by atoms with Crippen LogP contribution in [0.3, 0.4) is 0 Å². The Morgan fingerprint density at radius 3 is 2.79 bits per heavy atom. The average molecular weight is 323 g/mol. The van der Waals surface area contributed by atoms with Crippen LogP contribution in [0.2, 0.25) is 5.15 Å². The molecular formula is C8H8ClIN4. The van der Waals surface area contributed by atoms with Crippen molar-refractivity contribution in [3.63, 3.8) is 0 Å². The van der Waals surface area contributed by atoms with Crippen molar-refractivity contribution >= 4 is 45.2 Å². The third-order valence-electron chi connectivity index (χ3n) is 1.89. The molecule has 0 bridgehead atoms. The van der Waals surface area contributed by atoms with Crippen molar-refractivity contribution in [1.82, 2.24) is 19.7 Å². The van der Waals surface area contributed by atoms with Gasteiger partial charge in [-0.15, -0.1) is 0 Å². The Bertz CT molecular complexity index is 479. The fourth-order valence-corrected chi connectivity index (χ4v) is 2.36. The molecule has 0 saturated carbocycles. The van der Waals surface area contributed by atoms with Gasteiger partial charge in [-0.3, -0.25) is 0 Å². The highest BCUT2D eigenvalue weighted by Crippen LogP contribution is 2.25. The zero-order valence-electron chi connectivity index (χ0n) is 7.70. The summed E-state index contributed by atoms with van der Waals surface area (Å²) in [5, 5.41) is 5.67. The van der Waals surface area contributed by atoms with E-state index in [-0.39, 0.29) is 6.04 Å². The molecule has 0 radical (unpaired) electrons. The second-order valence-corrected chi connectivity index (χ2v) is 4.57. The van der Waals surface area contributed by atoms with E-state index in [0.717, 1.165) is 14.7 Å². The number of halogens is 2. The minimum atomic E-state index is 0.270. The average Bonchev–Trinajstić information content (AvgIpc) is 2.45. The van der Waals surface area contributed by atoms with Crippen LogP contribution in [0.25, 0.3) is 11.0 Å². The zero-order chi connectivity index (χ0) is 10.3. The van der Waals surface area contributed by atoms with E-state index in [9.17, 15) is 0 Å². The summed E-state index contributed by atoms with van der Waals surface area (Å²) in [5.41, 5.74) is 0.796. The molecule has 0 atom stereocenters. The van der Waals surface area contributed by atoms with Crippen molar-refractivity contribution in [3.05, 3.63) is 15.2 Å². The number of rotatable bonds is 1. The van der Waals surface area contributed by atoms with E-state index in [1.165, 1.54) is 6.33 Å². The van der Waals surface area contributed by atoms with Crippen molar-refractivity contribution in [2.45, 2.75) is 19.9 Å². The van der Waals surface area contributed by atoms with Gasteiger partial charge in [-0.2, -0.15) is 5.10 Å². The van der Waals surface area contributed by atoms with Crippen molar-refractivity contribution in [3.8, 4) is 0 Å². The summed E-state index contributed by atoms with van der Waals surface area (Å²) in [4.78, 5) is 8.12. The van der Waals surface area contributed by atoms with Crippen molar-refractivity contribution in [2.75, 3.05) is 0 Å². The lowest BCUT2D eigenvalue weighted by molar-refractivity contribution is 0.543. The van der Waals surface area contributed by atoms with E-state index in [2.05, 4.69) is 51.5 Å². The highest BCUT2D eigenvalue weighted by Gasteiger charge is 2.14. The van der Waals surface area contributed by atoms with Crippen LogP contribution in [0.15, 0.2) is 6.33 Å². The zero-order valence-corrected chi connectivity index (χ0v) is 10.6. The summed E-state index contributed by atoms with van der Waals surface area (Å²) < 4.78 is 2.70. The first-order chi connectivity index (χ1) is 6.61. The Morgan fingerprint density at radius 2 is 2.14 bits per heavy atom. The Kier molecular flexibility index (Phi) is 2.61. The van der Waals surface area contributed by atoms with Gasteiger partial charge in [-0.25, -0.2) is 14.6 Å². The highest BCUT2D eigenvalue weighted by atomic mass is 127. The molecule has 0 aliphatic rings. The monoisotopic (exact) mass is 322 g/mol. The summed E-state index contributed by atoms with van der Waals surface area (Å²) in [6.07, 6.45) is 1.46. The van der Waals surface area contributed by atoms with Gasteiger partial charge in [0, 0.05) is 6.04 Å². The van der Waals surface area contributed by atoms with Crippen molar-refractivity contribution in [1.29, 1.82) is 0 Å². The fraction of sp³-hybridized carbons (Fsp3) is 0.375. The molecule has 0 amide bonds. The fourth-order valence-electron chi connectivity index (χ4n) is 1.26. The molecule has 74 valence electrons. The van der Waals surface area contributed by atoms with E-state index >= 15 is 0 Å². The SMILES string of the molecule is CC(C)n1nc(I)c2c(Cl)ncnc21. The Balaban J connectivity index is 2.84. The van der Waals surface area contributed by atoms with Crippen LogP contribution in [0, 0.1) is 3.70 Å². The second kappa shape index (κ2) is 3.62. The first-order valence-electron chi connectivity index (χ1n) is 4.15. The lowest BCUT2D eigenvalue weighted by Crippen LogP contribution is -2.03. The molecule has 0 spiro atoms. The van der Waals surface area contributed by atoms with Gasteiger partial charge < -0.3 is 0 Å². The maximum Gasteiger partial charge on any atom is 0.164 e. The van der Waals surface area contributed by atoms with Crippen LogP contribution in [0.1, 0.15) is 19.9 Å². The van der Waals surface area contributed by atoms with Gasteiger partial charge in [0.25, 0.3) is 0 Å². The first kappa shape index (κ1) is 10.1. The minimum Gasteiger partial charge on any atom is -0.244 e. The molecule has 0 N–H and O–H groups in total. The van der Waals surface area contributed by atoms with E-state index < -0.39 is 0 Å². The molecule has 0 aliphatic carbocycles. The van der Waals surface area contributed by atoms with Crippen LogP contribution in [-0.4, -0.2) is 19.7 Å². The highest BCUT2D eigenvalue weighted by molar-refractivity contribution is 14.1. The Morgan fingerprint density at radius 1 is 1.43 bits per heavy atom. The maximum atomic E-state index is 5.97. The molecule has 6 heteroatoms. The summed E-state index contributed by atoms with van der Waals surface area (Å²) in [6, 6.07) is 0.270. The molecule has 2 rings (SSSR count). The molecular weight excluding hydrogens is 314 g/mol. The van der Waals surface area contributed by atoms with Gasteiger partial charge >= 0.3 is 0 Å². The largest absolute Gasteiger partial charge is 0.244 e. The lowest BCUT2D eigenvalue weighted by atomic mass is 10.4. The molecule has 0 unspecified atom stereocenters. The molecule has 0 aliphatic heterocycles. The summed E-state index contributed by atoms with van der Waals surface area (Å²) in [7, 11) is 0. The third-order valence-corrected chi connectivity index (χ3v) is 2.93. The van der Waals surface area contributed by atoms with Crippen molar-refractivity contribution in [2.24, 2.45) is 0 Å². The maximum absolute atomic E-state index is 5.97. The Hall–Kier alpha value is -0.430. The van der Waals surface area contributed by atoms with Crippen LogP contribution in [0.4, 0.5) is 0 Å². The van der Waals surface area contributed by atoms with Crippen LogP contribution < -0.4 is 0 Å². The summed E-state index contributed by atoms with van der Waals surface area (Å²) >= 11 is 8.11. The number of fused-ring (bicyclic) bond motifs is 1. The van der Waals surface area contributed by atoms with Crippen molar-refractivity contribution < 1.29 is 0 Å². The number of hydrogen-bond acceptors (Lipinski definition) is 3. The molecule has 2 aromatic rings. The summed E-state index contributed by atoms with van der Waals surface area (Å²) in [5.74, 6) is 0. The van der Waals surface area contributed by atoms with Gasteiger partial charge in [-0.1, -0.05) is 11.6 Å². The molecule has 4 nitrogen and oxygen atoms in total. The predicted molar refractivity (Wildman–Crippen MR) is 63.4 cm³/mol. The standard InChI is InChI=1S/C8H8ClIN4/c1-4(2)14-8-5(7(10)13-14)6(9)11-3-12-8/h3-4H,1-2H3. The smallest absolute Gasteiger partial charge is 0.164 e. The predicted octanol–water partition coefficient (Wildman–Crippen LogP) is 2.67. The number of aromatic nitrogens is 4. The quantitative estimate of drug-likeness (QED) is 0.599. The molecule has 0 fully saturated rings. The van der Waals surface area contributed by atoms with E-state index in [4.69, 9.17) is 11.6 Å². The molecule has 14 heavy (non-hydrogen) atoms. The van der Waals surface area contributed by atoms with Crippen LogP contribution in [-0.2, 0) is 0 Å². The Labute approximate surface area is 99.8 Å². The van der Waals surface area contributed by atoms with Gasteiger partial charge in [0.05, 0.1) is 5.39 Å². The molecule has 2 heterocycles. The topological polar surface area (TPSA) is 43.6 Å². The van der Waals surface area contributed by atoms with E-state index in [1.54, 1.807) is 0 Å². The molecule has 0 aromatic carbocycles. The molecule has 2 aromatic heterocycles. The third kappa shape index (κ3) is 1.48. The second-order valence-electron chi connectivity index (χ2n) is 3.19. The number of nitrogens with zero attached hydrogens (tertiary/aromatic N) is 4.